The van der Waals surface area contributed by atoms with Crippen molar-refractivity contribution in [2.24, 2.45) is 10.2 Å². The van der Waals surface area contributed by atoms with Gasteiger partial charge in [-0.15, -0.1) is 0 Å². The summed E-state index contributed by atoms with van der Waals surface area (Å²) >= 11 is 0. The molecule has 96 valence electrons. The highest BCUT2D eigenvalue weighted by Gasteiger charge is 2.25. The van der Waals surface area contributed by atoms with Gasteiger partial charge in [0.1, 0.15) is 12.1 Å². The number of hydrogen-bond donors (Lipinski definition) is 0. The standard InChI is InChI=1S/2C4H5N3O2/c2*5-7-6-3-1-2-9-4(3)8/h2*3H,1-2H2/t2*3-/m10/s1. The van der Waals surface area contributed by atoms with Crippen LogP contribution in [0.5, 0.6) is 0 Å². The van der Waals surface area contributed by atoms with E-state index in [-0.39, 0.29) is 0 Å². The van der Waals surface area contributed by atoms with E-state index in [9.17, 15) is 9.59 Å². The molecule has 0 aromatic carbocycles. The van der Waals surface area contributed by atoms with Gasteiger partial charge in [0.2, 0.25) is 0 Å². The fourth-order valence-electron chi connectivity index (χ4n) is 1.30. The topological polar surface area (TPSA) is 150 Å². The van der Waals surface area contributed by atoms with Gasteiger partial charge in [-0.1, -0.05) is 10.2 Å². The lowest BCUT2D eigenvalue weighted by Crippen LogP contribution is -2.09. The highest BCUT2D eigenvalue weighted by Crippen LogP contribution is 2.09. The van der Waals surface area contributed by atoms with Crippen LogP contribution in [0.4, 0.5) is 0 Å². The Morgan fingerprint density at radius 1 is 0.944 bits per heavy atom. The number of azide groups is 2. The average molecular weight is 254 g/mol. The lowest BCUT2D eigenvalue weighted by Gasteiger charge is -1.89. The SMILES string of the molecule is [N-]=[N+]=N[C@@H]1CCOC1=O.[N-]=[N+]=N[C@H]1CCOC1=O. The molecule has 0 amide bonds. The summed E-state index contributed by atoms with van der Waals surface area (Å²) in [7, 11) is 0. The van der Waals surface area contributed by atoms with Crippen LogP contribution in [-0.4, -0.2) is 37.2 Å². The number of carbonyl (C=O) groups excluding carboxylic acids is 2. The first-order chi connectivity index (χ1) is 8.69. The van der Waals surface area contributed by atoms with Gasteiger partial charge < -0.3 is 9.47 Å². The normalized spacial score (nSPS) is 24.9. The number of rotatable bonds is 2. The molecule has 18 heavy (non-hydrogen) atoms. The Kier molecular flexibility index (Phi) is 5.30. The van der Waals surface area contributed by atoms with Crippen LogP contribution in [0.2, 0.25) is 0 Å². The molecule has 0 aromatic rings. The van der Waals surface area contributed by atoms with E-state index in [1.807, 2.05) is 0 Å². The van der Waals surface area contributed by atoms with Crippen LogP contribution < -0.4 is 0 Å². The molecule has 0 saturated carbocycles. The van der Waals surface area contributed by atoms with Gasteiger partial charge in [-0.05, 0) is 11.1 Å². The maximum atomic E-state index is 10.5. The monoisotopic (exact) mass is 254 g/mol. The van der Waals surface area contributed by atoms with E-state index in [4.69, 9.17) is 11.1 Å². The molecule has 10 nitrogen and oxygen atoms in total. The second-order valence-corrected chi connectivity index (χ2v) is 3.35. The van der Waals surface area contributed by atoms with Gasteiger partial charge in [0, 0.05) is 22.7 Å². The number of hydrogen-bond acceptors (Lipinski definition) is 6. The van der Waals surface area contributed by atoms with Crippen LogP contribution in [0.15, 0.2) is 10.2 Å². The van der Waals surface area contributed by atoms with Crippen LogP contribution >= 0.6 is 0 Å². The number of carbonyl (C=O) groups is 2. The zero-order valence-corrected chi connectivity index (χ0v) is 9.30. The predicted molar refractivity (Wildman–Crippen MR) is 57.0 cm³/mol. The first kappa shape index (κ1) is 13.6. The van der Waals surface area contributed by atoms with E-state index in [1.165, 1.54) is 0 Å². The van der Waals surface area contributed by atoms with Gasteiger partial charge in [-0.2, -0.15) is 0 Å². The van der Waals surface area contributed by atoms with Crippen molar-refractivity contribution in [2.45, 2.75) is 24.9 Å². The highest BCUT2D eigenvalue weighted by atomic mass is 16.5. The summed E-state index contributed by atoms with van der Waals surface area (Å²) in [5.41, 5.74) is 15.8. The van der Waals surface area contributed by atoms with Crippen molar-refractivity contribution in [1.29, 1.82) is 0 Å². The van der Waals surface area contributed by atoms with Crippen LogP contribution in [0.3, 0.4) is 0 Å². The molecule has 2 fully saturated rings. The van der Waals surface area contributed by atoms with Crippen LogP contribution in [0, 0.1) is 0 Å². The Labute approximate surface area is 101 Å². The molecule has 2 aliphatic heterocycles. The third kappa shape index (κ3) is 3.85. The van der Waals surface area contributed by atoms with E-state index in [0.717, 1.165) is 0 Å². The molecular weight excluding hydrogens is 244 g/mol. The second kappa shape index (κ2) is 7.00. The number of cyclic esters (lactones) is 2. The molecule has 2 saturated heterocycles. The van der Waals surface area contributed by atoms with Crippen molar-refractivity contribution in [3.8, 4) is 0 Å². The van der Waals surface area contributed by atoms with Crippen LogP contribution in [0.25, 0.3) is 20.9 Å². The fraction of sp³-hybridized carbons (Fsp3) is 0.750. The number of nitrogens with zero attached hydrogens (tertiary/aromatic N) is 6. The maximum Gasteiger partial charge on any atom is 0.315 e. The van der Waals surface area contributed by atoms with E-state index < -0.39 is 24.0 Å². The van der Waals surface area contributed by atoms with Crippen molar-refractivity contribution in [1.82, 2.24) is 0 Å². The molecule has 2 aliphatic rings. The molecule has 0 unspecified atom stereocenters. The van der Waals surface area contributed by atoms with Crippen molar-refractivity contribution >= 4 is 11.9 Å². The van der Waals surface area contributed by atoms with E-state index in [1.54, 1.807) is 0 Å². The molecule has 2 heterocycles. The first-order valence-corrected chi connectivity index (χ1v) is 5.10. The molecule has 2 atom stereocenters. The third-order valence-electron chi connectivity index (χ3n) is 2.20. The Hall–Kier alpha value is -2.44. The van der Waals surface area contributed by atoms with Crippen molar-refractivity contribution in [3.05, 3.63) is 20.9 Å². The Bertz CT molecular complexity index is 385. The van der Waals surface area contributed by atoms with Gasteiger partial charge >= 0.3 is 11.9 Å². The predicted octanol–water partition coefficient (Wildman–Crippen LogP) is 1.22. The summed E-state index contributed by atoms with van der Waals surface area (Å²) in [6, 6.07) is -1.15. The quantitative estimate of drug-likeness (QED) is 0.315. The molecular formula is C8H10N6O4. The van der Waals surface area contributed by atoms with Crippen molar-refractivity contribution < 1.29 is 19.1 Å². The molecule has 0 bridgehead atoms. The highest BCUT2D eigenvalue weighted by molar-refractivity contribution is 5.77. The Balaban J connectivity index is 0.000000180. The fourth-order valence-corrected chi connectivity index (χ4v) is 1.30. The summed E-state index contributed by atoms with van der Waals surface area (Å²) in [5, 5.41) is 6.42. The summed E-state index contributed by atoms with van der Waals surface area (Å²) in [6.07, 6.45) is 1.03. The molecule has 2 rings (SSSR count). The first-order valence-electron chi connectivity index (χ1n) is 5.10. The summed E-state index contributed by atoms with van der Waals surface area (Å²) in [4.78, 5) is 25.9. The number of ether oxygens (including phenoxy) is 2. The zero-order chi connectivity index (χ0) is 13.4. The largest absolute Gasteiger partial charge is 0.465 e. The van der Waals surface area contributed by atoms with Gasteiger partial charge in [-0.3, -0.25) is 9.59 Å². The van der Waals surface area contributed by atoms with Crippen LogP contribution in [-0.2, 0) is 19.1 Å². The zero-order valence-electron chi connectivity index (χ0n) is 9.30. The molecule has 0 aromatic heterocycles. The maximum absolute atomic E-state index is 10.5. The minimum absolute atomic E-state index is 0.377. The average Bonchev–Trinajstić information content (AvgIpc) is 2.92. The van der Waals surface area contributed by atoms with Gasteiger partial charge in [-0.25, -0.2) is 0 Å². The number of esters is 2. The smallest absolute Gasteiger partial charge is 0.315 e. The Morgan fingerprint density at radius 3 is 1.56 bits per heavy atom. The van der Waals surface area contributed by atoms with Gasteiger partial charge in [0.05, 0.1) is 13.2 Å². The van der Waals surface area contributed by atoms with Crippen molar-refractivity contribution in [2.75, 3.05) is 13.2 Å². The third-order valence-corrected chi connectivity index (χ3v) is 2.20. The molecule has 0 N–H and O–H groups in total. The Morgan fingerprint density at radius 2 is 1.33 bits per heavy atom. The molecule has 0 aliphatic carbocycles. The summed E-state index contributed by atoms with van der Waals surface area (Å²) in [6.45, 7) is 0.755. The summed E-state index contributed by atoms with van der Waals surface area (Å²) < 4.78 is 9.03. The lowest BCUT2D eigenvalue weighted by atomic mass is 10.3. The summed E-state index contributed by atoms with van der Waals surface area (Å²) in [5.74, 6) is -0.819. The van der Waals surface area contributed by atoms with Crippen LogP contribution in [0.1, 0.15) is 12.8 Å². The molecule has 10 heteroatoms. The molecule has 0 spiro atoms. The van der Waals surface area contributed by atoms with Gasteiger partial charge in [0.25, 0.3) is 0 Å². The lowest BCUT2D eigenvalue weighted by molar-refractivity contribution is -0.139. The van der Waals surface area contributed by atoms with Gasteiger partial charge in [0.15, 0.2) is 0 Å². The van der Waals surface area contributed by atoms with Crippen molar-refractivity contribution in [3.63, 3.8) is 0 Å². The minimum atomic E-state index is -0.574. The van der Waals surface area contributed by atoms with E-state index in [0.29, 0.717) is 26.1 Å². The minimum Gasteiger partial charge on any atom is -0.465 e. The van der Waals surface area contributed by atoms with E-state index in [2.05, 4.69) is 29.5 Å². The molecule has 0 radical (unpaired) electrons. The second-order valence-electron chi connectivity index (χ2n) is 3.35. The van der Waals surface area contributed by atoms with E-state index >= 15 is 0 Å².